The van der Waals surface area contributed by atoms with Crippen LogP contribution in [0.1, 0.15) is 17.3 Å². The maximum absolute atomic E-state index is 12.1. The van der Waals surface area contributed by atoms with Crippen molar-refractivity contribution in [2.75, 3.05) is 44.9 Å². The van der Waals surface area contributed by atoms with Crippen molar-refractivity contribution in [1.82, 2.24) is 15.2 Å². The van der Waals surface area contributed by atoms with Crippen LogP contribution in [0.15, 0.2) is 12.4 Å². The van der Waals surface area contributed by atoms with E-state index in [-0.39, 0.29) is 5.97 Å². The van der Waals surface area contributed by atoms with Gasteiger partial charge < -0.3 is 19.5 Å². The van der Waals surface area contributed by atoms with Gasteiger partial charge in [0.15, 0.2) is 5.65 Å². The summed E-state index contributed by atoms with van der Waals surface area (Å²) < 4.78 is 10.5. The molecular weight excluding hydrogens is 288 g/mol. The van der Waals surface area contributed by atoms with Crippen molar-refractivity contribution in [3.63, 3.8) is 0 Å². The summed E-state index contributed by atoms with van der Waals surface area (Å²) in [5.41, 5.74) is 1.97. The number of esters is 1. The van der Waals surface area contributed by atoms with Crippen LogP contribution in [0.25, 0.3) is 11.0 Å². The van der Waals surface area contributed by atoms with Gasteiger partial charge in [0.25, 0.3) is 0 Å². The topological polar surface area (TPSA) is 101 Å². The van der Waals surface area contributed by atoms with Gasteiger partial charge in [-0.15, -0.1) is 0 Å². The zero-order chi connectivity index (χ0) is 15.9. The minimum Gasteiger partial charge on any atom is -0.462 e. The number of aromatic nitrogens is 3. The number of nitrogens with one attached hydrogen (secondary N) is 1. The van der Waals surface area contributed by atoms with Gasteiger partial charge in [0.05, 0.1) is 37.1 Å². The van der Waals surface area contributed by atoms with E-state index in [0.717, 1.165) is 31.3 Å². The van der Waals surface area contributed by atoms with Crippen molar-refractivity contribution in [2.24, 2.45) is 0 Å². The number of H-pyrrole nitrogens is 1. The Morgan fingerprint density at radius 1 is 1.41 bits per heavy atom. The van der Waals surface area contributed by atoms with Crippen LogP contribution >= 0.6 is 0 Å². The lowest BCUT2D eigenvalue weighted by atomic mass is 10.1. The van der Waals surface area contributed by atoms with Crippen molar-refractivity contribution in [3.05, 3.63) is 18.0 Å². The molecule has 0 bridgehead atoms. The van der Waals surface area contributed by atoms with E-state index in [1.54, 1.807) is 19.3 Å². The number of hydrogen-bond acceptors (Lipinski definition) is 7. The molecular formula is C14H20N4O4. The molecule has 0 aliphatic carbocycles. The third-order valence-electron chi connectivity index (χ3n) is 3.27. The van der Waals surface area contributed by atoms with Crippen LogP contribution in [0.4, 0.5) is 5.69 Å². The number of carbonyl (C=O) groups excluding carboxylic acids is 1. The molecule has 2 N–H and O–H groups in total. The minimum absolute atomic E-state index is 0.338. The molecule has 0 saturated carbocycles. The number of aliphatic hydroxyl groups excluding tert-OH is 1. The molecule has 1 saturated heterocycles. The lowest BCUT2D eigenvalue weighted by Gasteiger charge is -2.30. The third kappa shape index (κ3) is 3.18. The average Bonchev–Trinajstić information content (AvgIpc) is 3.05. The third-order valence-corrected chi connectivity index (χ3v) is 3.27. The Balaban J connectivity index is 0.000000847. The Labute approximate surface area is 128 Å². The van der Waals surface area contributed by atoms with E-state index in [1.807, 2.05) is 0 Å². The summed E-state index contributed by atoms with van der Waals surface area (Å²) in [6.45, 7) is 4.88. The molecule has 1 aliphatic rings. The van der Waals surface area contributed by atoms with Gasteiger partial charge >= 0.3 is 5.97 Å². The normalized spacial score (nSPS) is 14.4. The van der Waals surface area contributed by atoms with Gasteiger partial charge in [-0.2, -0.15) is 5.10 Å². The van der Waals surface area contributed by atoms with Gasteiger partial charge in [-0.3, -0.25) is 5.10 Å². The van der Waals surface area contributed by atoms with Gasteiger partial charge in [0.1, 0.15) is 5.56 Å². The molecule has 8 nitrogen and oxygen atoms in total. The number of pyridine rings is 1. The van der Waals surface area contributed by atoms with E-state index in [4.69, 9.17) is 14.6 Å². The molecule has 22 heavy (non-hydrogen) atoms. The fourth-order valence-electron chi connectivity index (χ4n) is 2.37. The number of aromatic amines is 1. The molecule has 0 unspecified atom stereocenters. The van der Waals surface area contributed by atoms with Crippen LogP contribution in [0, 0.1) is 0 Å². The molecule has 120 valence electrons. The largest absolute Gasteiger partial charge is 0.462 e. The summed E-state index contributed by atoms with van der Waals surface area (Å²) in [6, 6.07) is 0. The van der Waals surface area contributed by atoms with Crippen molar-refractivity contribution >= 4 is 22.7 Å². The molecule has 0 spiro atoms. The Bertz CT molecular complexity index is 622. The fraction of sp³-hybridized carbons (Fsp3) is 0.500. The lowest BCUT2D eigenvalue weighted by Crippen LogP contribution is -2.37. The average molecular weight is 308 g/mol. The number of ether oxygens (including phenoxy) is 2. The first kappa shape index (κ1) is 16.2. The number of nitrogens with zero attached hydrogens (tertiary/aromatic N) is 3. The van der Waals surface area contributed by atoms with Gasteiger partial charge in [-0.25, -0.2) is 9.78 Å². The van der Waals surface area contributed by atoms with E-state index < -0.39 is 0 Å². The first-order chi connectivity index (χ1) is 10.8. The highest BCUT2D eigenvalue weighted by Gasteiger charge is 2.23. The summed E-state index contributed by atoms with van der Waals surface area (Å²) in [4.78, 5) is 18.5. The molecule has 3 heterocycles. The maximum Gasteiger partial charge on any atom is 0.341 e. The van der Waals surface area contributed by atoms with Crippen molar-refractivity contribution in [3.8, 4) is 0 Å². The highest BCUT2D eigenvalue weighted by atomic mass is 16.5. The summed E-state index contributed by atoms with van der Waals surface area (Å²) in [5, 5.41) is 14.7. The molecule has 1 fully saturated rings. The Morgan fingerprint density at radius 2 is 2.14 bits per heavy atom. The number of carbonyl (C=O) groups is 1. The predicted molar refractivity (Wildman–Crippen MR) is 81.0 cm³/mol. The van der Waals surface area contributed by atoms with Crippen molar-refractivity contribution in [2.45, 2.75) is 6.92 Å². The van der Waals surface area contributed by atoms with Gasteiger partial charge in [-0.05, 0) is 6.92 Å². The van der Waals surface area contributed by atoms with Crippen LogP contribution < -0.4 is 4.90 Å². The molecule has 0 amide bonds. The standard InChI is InChI=1S/C13H16N4O3.CH4O/c1-2-20-13(18)10-7-14-12-9(8-15-16-12)11(10)17-3-5-19-6-4-17;1-2/h7-8H,2-6H2,1H3,(H,14,15,16);2H,1H3. The second-order valence-electron chi connectivity index (χ2n) is 4.47. The van der Waals surface area contributed by atoms with Gasteiger partial charge in [0, 0.05) is 26.4 Å². The van der Waals surface area contributed by atoms with Crippen molar-refractivity contribution in [1.29, 1.82) is 0 Å². The zero-order valence-electron chi connectivity index (χ0n) is 12.7. The van der Waals surface area contributed by atoms with Crippen LogP contribution in [0.5, 0.6) is 0 Å². The summed E-state index contributed by atoms with van der Waals surface area (Å²) in [6.07, 6.45) is 3.24. The Hall–Kier alpha value is -2.19. The second kappa shape index (κ2) is 7.71. The summed E-state index contributed by atoms with van der Waals surface area (Å²) in [7, 11) is 1.00. The zero-order valence-corrected chi connectivity index (χ0v) is 12.7. The van der Waals surface area contributed by atoms with E-state index in [9.17, 15) is 4.79 Å². The Kier molecular flexibility index (Phi) is 5.68. The molecule has 2 aromatic heterocycles. The highest BCUT2D eigenvalue weighted by molar-refractivity contribution is 6.04. The number of hydrogen-bond donors (Lipinski definition) is 2. The molecule has 3 rings (SSSR count). The number of rotatable bonds is 3. The predicted octanol–water partition coefficient (Wildman–Crippen LogP) is 0.580. The van der Waals surface area contributed by atoms with Gasteiger partial charge in [0.2, 0.25) is 0 Å². The van der Waals surface area contributed by atoms with E-state index in [0.29, 0.717) is 31.0 Å². The number of anilines is 1. The monoisotopic (exact) mass is 308 g/mol. The fourth-order valence-corrected chi connectivity index (χ4v) is 2.37. The number of morpholine rings is 1. The first-order valence-electron chi connectivity index (χ1n) is 7.08. The first-order valence-corrected chi connectivity index (χ1v) is 7.08. The number of aliphatic hydroxyl groups is 1. The van der Waals surface area contributed by atoms with Gasteiger partial charge in [-0.1, -0.05) is 0 Å². The summed E-state index contributed by atoms with van der Waals surface area (Å²) in [5.74, 6) is -0.357. The highest BCUT2D eigenvalue weighted by Crippen LogP contribution is 2.29. The van der Waals surface area contributed by atoms with E-state index in [2.05, 4.69) is 20.1 Å². The molecule has 1 aliphatic heterocycles. The molecule has 2 aromatic rings. The smallest absolute Gasteiger partial charge is 0.341 e. The SMILES string of the molecule is CCOC(=O)c1cnc2[nH]ncc2c1N1CCOCC1.CO. The molecule has 0 radical (unpaired) electrons. The van der Waals surface area contributed by atoms with Crippen LogP contribution in [0.2, 0.25) is 0 Å². The van der Waals surface area contributed by atoms with Crippen LogP contribution in [-0.4, -0.2) is 66.3 Å². The van der Waals surface area contributed by atoms with E-state index >= 15 is 0 Å². The molecule has 0 aromatic carbocycles. The van der Waals surface area contributed by atoms with Crippen LogP contribution in [-0.2, 0) is 9.47 Å². The molecule has 0 atom stereocenters. The minimum atomic E-state index is -0.357. The van der Waals surface area contributed by atoms with Crippen LogP contribution in [0.3, 0.4) is 0 Å². The quantitative estimate of drug-likeness (QED) is 0.800. The van der Waals surface area contributed by atoms with Crippen molar-refractivity contribution < 1.29 is 19.4 Å². The second-order valence-corrected chi connectivity index (χ2v) is 4.47. The summed E-state index contributed by atoms with van der Waals surface area (Å²) >= 11 is 0. The molecule has 8 heteroatoms. The van der Waals surface area contributed by atoms with E-state index in [1.165, 1.54) is 0 Å². The number of fused-ring (bicyclic) bond motifs is 1. The maximum atomic E-state index is 12.1. The Morgan fingerprint density at radius 3 is 2.82 bits per heavy atom. The lowest BCUT2D eigenvalue weighted by molar-refractivity contribution is 0.0526.